The summed E-state index contributed by atoms with van der Waals surface area (Å²) in [5.74, 6) is 0. The summed E-state index contributed by atoms with van der Waals surface area (Å²) in [5.41, 5.74) is 1.48. The number of hydrogen-bond donors (Lipinski definition) is 1. The molecule has 2 heteroatoms. The Morgan fingerprint density at radius 3 is 2.75 bits per heavy atom. The molecule has 1 fully saturated rings. The van der Waals surface area contributed by atoms with Gasteiger partial charge in [0, 0.05) is 6.04 Å². The summed E-state index contributed by atoms with van der Waals surface area (Å²) in [6.07, 6.45) is 8.01. The average molecular weight is 225 g/mol. The Morgan fingerprint density at radius 2 is 2.19 bits per heavy atom. The van der Waals surface area contributed by atoms with Crippen LogP contribution in [-0.2, 0) is 4.74 Å². The van der Waals surface area contributed by atoms with E-state index in [1.807, 2.05) is 0 Å². The Morgan fingerprint density at radius 1 is 1.44 bits per heavy atom. The first kappa shape index (κ1) is 13.7. The van der Waals surface area contributed by atoms with Gasteiger partial charge in [0.1, 0.15) is 0 Å². The second-order valence-electron chi connectivity index (χ2n) is 5.30. The second-order valence-corrected chi connectivity index (χ2v) is 5.30. The standard InChI is InChI=1S/C14H27NO/c1-11(2)15-9-5-6-12(3)10-14-8-7-13(4)16-14/h6,11,13-15H,5,7-10H2,1-4H3/b12-6-. The Bertz CT molecular complexity index is 223. The van der Waals surface area contributed by atoms with Gasteiger partial charge in [-0.1, -0.05) is 25.5 Å². The Hall–Kier alpha value is -0.340. The smallest absolute Gasteiger partial charge is 0.0616 e. The molecule has 2 atom stereocenters. The molecule has 1 heterocycles. The van der Waals surface area contributed by atoms with E-state index in [0.717, 1.165) is 19.4 Å². The van der Waals surface area contributed by atoms with Crippen molar-refractivity contribution in [1.29, 1.82) is 0 Å². The predicted molar refractivity (Wildman–Crippen MR) is 69.7 cm³/mol. The molecule has 1 saturated heterocycles. The van der Waals surface area contributed by atoms with Crippen LogP contribution >= 0.6 is 0 Å². The molecule has 0 aromatic rings. The highest BCUT2D eigenvalue weighted by Gasteiger charge is 2.21. The van der Waals surface area contributed by atoms with Gasteiger partial charge in [-0.15, -0.1) is 0 Å². The van der Waals surface area contributed by atoms with Gasteiger partial charge in [-0.3, -0.25) is 0 Å². The molecule has 0 aromatic carbocycles. The van der Waals surface area contributed by atoms with Crippen molar-refractivity contribution in [1.82, 2.24) is 5.32 Å². The first-order chi connectivity index (χ1) is 7.58. The quantitative estimate of drug-likeness (QED) is 0.553. The van der Waals surface area contributed by atoms with E-state index in [2.05, 4.69) is 39.1 Å². The predicted octanol–water partition coefficient (Wildman–Crippen LogP) is 3.28. The summed E-state index contributed by atoms with van der Waals surface area (Å²) in [5, 5.41) is 3.43. The van der Waals surface area contributed by atoms with Crippen molar-refractivity contribution in [3.8, 4) is 0 Å². The molecule has 1 aliphatic heterocycles. The Kier molecular flexibility index (Phi) is 6.07. The van der Waals surface area contributed by atoms with Gasteiger partial charge in [-0.05, 0) is 46.1 Å². The molecule has 1 N–H and O–H groups in total. The number of nitrogens with one attached hydrogen (secondary N) is 1. The van der Waals surface area contributed by atoms with Gasteiger partial charge in [0.05, 0.1) is 12.2 Å². The van der Waals surface area contributed by atoms with Crippen LogP contribution in [0.15, 0.2) is 11.6 Å². The van der Waals surface area contributed by atoms with E-state index in [-0.39, 0.29) is 0 Å². The molecule has 2 unspecified atom stereocenters. The van der Waals surface area contributed by atoms with Gasteiger partial charge >= 0.3 is 0 Å². The Labute approximate surface area is 100 Å². The molecule has 0 amide bonds. The topological polar surface area (TPSA) is 21.3 Å². The molecule has 0 spiro atoms. The fourth-order valence-corrected chi connectivity index (χ4v) is 2.17. The number of ether oxygens (including phenoxy) is 1. The van der Waals surface area contributed by atoms with Crippen molar-refractivity contribution in [2.75, 3.05) is 6.54 Å². The zero-order valence-corrected chi connectivity index (χ0v) is 11.3. The van der Waals surface area contributed by atoms with Gasteiger partial charge in [0.2, 0.25) is 0 Å². The molecule has 0 radical (unpaired) electrons. The fraction of sp³-hybridized carbons (Fsp3) is 0.857. The number of rotatable bonds is 6. The zero-order valence-electron chi connectivity index (χ0n) is 11.3. The van der Waals surface area contributed by atoms with E-state index in [1.165, 1.54) is 18.4 Å². The van der Waals surface area contributed by atoms with Gasteiger partial charge in [-0.25, -0.2) is 0 Å². The lowest BCUT2D eigenvalue weighted by Gasteiger charge is -2.11. The highest BCUT2D eigenvalue weighted by Crippen LogP contribution is 2.24. The van der Waals surface area contributed by atoms with Gasteiger partial charge in [0.25, 0.3) is 0 Å². The van der Waals surface area contributed by atoms with Crippen LogP contribution < -0.4 is 5.32 Å². The van der Waals surface area contributed by atoms with Gasteiger partial charge in [0.15, 0.2) is 0 Å². The summed E-state index contributed by atoms with van der Waals surface area (Å²) in [7, 11) is 0. The van der Waals surface area contributed by atoms with Crippen LogP contribution in [0.3, 0.4) is 0 Å². The molecular formula is C14H27NO. The molecule has 1 rings (SSSR count). The molecule has 16 heavy (non-hydrogen) atoms. The maximum absolute atomic E-state index is 5.82. The average Bonchev–Trinajstić information content (AvgIpc) is 2.58. The van der Waals surface area contributed by atoms with Crippen molar-refractivity contribution < 1.29 is 4.74 Å². The first-order valence-corrected chi connectivity index (χ1v) is 6.62. The van der Waals surface area contributed by atoms with Gasteiger partial charge in [-0.2, -0.15) is 0 Å². The summed E-state index contributed by atoms with van der Waals surface area (Å²) in [6, 6.07) is 0.590. The molecule has 0 bridgehead atoms. The highest BCUT2D eigenvalue weighted by atomic mass is 16.5. The van der Waals surface area contributed by atoms with Gasteiger partial charge < -0.3 is 10.1 Å². The molecule has 2 nitrogen and oxygen atoms in total. The maximum Gasteiger partial charge on any atom is 0.0616 e. The van der Waals surface area contributed by atoms with Crippen molar-refractivity contribution in [2.45, 2.75) is 71.6 Å². The summed E-state index contributed by atoms with van der Waals surface area (Å²) < 4.78 is 5.82. The van der Waals surface area contributed by atoms with Crippen LogP contribution in [0.25, 0.3) is 0 Å². The van der Waals surface area contributed by atoms with Crippen LogP contribution in [0.5, 0.6) is 0 Å². The largest absolute Gasteiger partial charge is 0.375 e. The first-order valence-electron chi connectivity index (χ1n) is 6.62. The normalized spacial score (nSPS) is 26.7. The van der Waals surface area contributed by atoms with E-state index in [0.29, 0.717) is 18.2 Å². The molecule has 94 valence electrons. The van der Waals surface area contributed by atoms with Crippen molar-refractivity contribution >= 4 is 0 Å². The third kappa shape index (κ3) is 5.66. The third-order valence-corrected chi connectivity index (χ3v) is 3.06. The summed E-state index contributed by atoms with van der Waals surface area (Å²) in [4.78, 5) is 0. The van der Waals surface area contributed by atoms with E-state index in [4.69, 9.17) is 4.74 Å². The minimum atomic E-state index is 0.473. The maximum atomic E-state index is 5.82. The molecule has 1 aliphatic rings. The van der Waals surface area contributed by atoms with E-state index in [9.17, 15) is 0 Å². The molecule has 0 saturated carbocycles. The summed E-state index contributed by atoms with van der Waals surface area (Å²) >= 11 is 0. The lowest BCUT2D eigenvalue weighted by molar-refractivity contribution is 0.0564. The minimum Gasteiger partial charge on any atom is -0.375 e. The highest BCUT2D eigenvalue weighted by molar-refractivity contribution is 5.00. The number of hydrogen-bond acceptors (Lipinski definition) is 2. The third-order valence-electron chi connectivity index (χ3n) is 3.06. The van der Waals surface area contributed by atoms with Crippen molar-refractivity contribution in [2.24, 2.45) is 0 Å². The van der Waals surface area contributed by atoms with Crippen LogP contribution in [-0.4, -0.2) is 24.8 Å². The minimum absolute atomic E-state index is 0.473. The zero-order chi connectivity index (χ0) is 12.0. The Balaban J connectivity index is 2.13. The SMILES string of the molecule is C/C(=C/CCNC(C)C)CC1CCC(C)O1. The van der Waals surface area contributed by atoms with E-state index in [1.54, 1.807) is 0 Å². The van der Waals surface area contributed by atoms with Crippen molar-refractivity contribution in [3.63, 3.8) is 0 Å². The molecular weight excluding hydrogens is 198 g/mol. The lowest BCUT2D eigenvalue weighted by Crippen LogP contribution is -2.23. The van der Waals surface area contributed by atoms with Crippen molar-refractivity contribution in [3.05, 3.63) is 11.6 Å². The van der Waals surface area contributed by atoms with E-state index >= 15 is 0 Å². The van der Waals surface area contributed by atoms with Crippen LogP contribution in [0.4, 0.5) is 0 Å². The summed E-state index contributed by atoms with van der Waals surface area (Å²) in [6.45, 7) is 9.85. The molecule has 0 aromatic heterocycles. The van der Waals surface area contributed by atoms with Crippen LogP contribution in [0.1, 0.15) is 53.4 Å². The van der Waals surface area contributed by atoms with Crippen LogP contribution in [0, 0.1) is 0 Å². The monoisotopic (exact) mass is 225 g/mol. The second kappa shape index (κ2) is 7.08. The molecule has 0 aliphatic carbocycles. The van der Waals surface area contributed by atoms with E-state index < -0.39 is 0 Å². The van der Waals surface area contributed by atoms with Crippen LogP contribution in [0.2, 0.25) is 0 Å². The lowest BCUT2D eigenvalue weighted by atomic mass is 10.1. The fourth-order valence-electron chi connectivity index (χ4n) is 2.17.